The number of amides is 1. The highest BCUT2D eigenvalue weighted by Gasteiger charge is 2.17. The number of hydrogen-bond acceptors (Lipinski definition) is 6. The van der Waals surface area contributed by atoms with E-state index >= 15 is 0 Å². The van der Waals surface area contributed by atoms with E-state index in [-0.39, 0.29) is 23.5 Å². The van der Waals surface area contributed by atoms with E-state index in [0.717, 1.165) is 9.87 Å². The Morgan fingerprint density at radius 2 is 1.66 bits per heavy atom. The van der Waals surface area contributed by atoms with Crippen molar-refractivity contribution in [2.24, 2.45) is 0 Å². The van der Waals surface area contributed by atoms with Crippen LogP contribution in [0.15, 0.2) is 47.4 Å². The molecule has 0 spiro atoms. The molecule has 158 valence electrons. The quantitative estimate of drug-likeness (QED) is 0.666. The maximum Gasteiger partial charge on any atom is 0.258 e. The van der Waals surface area contributed by atoms with Gasteiger partial charge in [-0.1, -0.05) is 6.07 Å². The van der Waals surface area contributed by atoms with Crippen LogP contribution in [0.1, 0.15) is 18.5 Å². The van der Waals surface area contributed by atoms with Crippen LogP contribution in [0, 0.1) is 0 Å². The third-order valence-corrected chi connectivity index (χ3v) is 6.09. The zero-order chi connectivity index (χ0) is 21.6. The molecule has 0 saturated carbocycles. The fourth-order valence-electron chi connectivity index (χ4n) is 2.56. The van der Waals surface area contributed by atoms with Gasteiger partial charge in [-0.2, -0.15) is 0 Å². The standard InChI is InChI=1S/C20H26N2O6S/c1-14(15-6-11-18(26-4)19(12-15)27-5)21-20(23)13-28-16-7-9-17(10-8-16)29(24,25)22(2)3/h6-12,14H,13H2,1-5H3,(H,21,23)/t14-/m1/s1. The molecular weight excluding hydrogens is 396 g/mol. The van der Waals surface area contributed by atoms with E-state index in [9.17, 15) is 13.2 Å². The highest BCUT2D eigenvalue weighted by Crippen LogP contribution is 2.29. The van der Waals surface area contributed by atoms with Crippen LogP contribution in [0.25, 0.3) is 0 Å². The summed E-state index contributed by atoms with van der Waals surface area (Å²) in [6.45, 7) is 1.65. The van der Waals surface area contributed by atoms with Gasteiger partial charge in [-0.05, 0) is 48.9 Å². The largest absolute Gasteiger partial charge is 0.493 e. The first-order chi connectivity index (χ1) is 13.7. The molecular formula is C20H26N2O6S. The molecule has 0 aliphatic rings. The van der Waals surface area contributed by atoms with Gasteiger partial charge in [0.2, 0.25) is 10.0 Å². The number of rotatable bonds is 9. The maximum absolute atomic E-state index is 12.2. The summed E-state index contributed by atoms with van der Waals surface area (Å²) in [5.74, 6) is 1.28. The van der Waals surface area contributed by atoms with Crippen molar-refractivity contribution in [2.75, 3.05) is 34.9 Å². The second-order valence-electron chi connectivity index (χ2n) is 6.45. The molecule has 2 aromatic rings. The van der Waals surface area contributed by atoms with Crippen LogP contribution in [0.2, 0.25) is 0 Å². The fraction of sp³-hybridized carbons (Fsp3) is 0.350. The van der Waals surface area contributed by atoms with Crippen molar-refractivity contribution in [2.45, 2.75) is 17.9 Å². The summed E-state index contributed by atoms with van der Waals surface area (Å²) in [4.78, 5) is 12.4. The van der Waals surface area contributed by atoms with Crippen molar-refractivity contribution in [3.8, 4) is 17.2 Å². The molecule has 0 aliphatic carbocycles. The van der Waals surface area contributed by atoms with Gasteiger partial charge in [-0.25, -0.2) is 12.7 Å². The Bertz CT molecular complexity index is 942. The van der Waals surface area contributed by atoms with Crippen molar-refractivity contribution in [3.05, 3.63) is 48.0 Å². The van der Waals surface area contributed by atoms with Gasteiger partial charge in [0.05, 0.1) is 25.2 Å². The van der Waals surface area contributed by atoms with Gasteiger partial charge in [-0.3, -0.25) is 4.79 Å². The zero-order valence-electron chi connectivity index (χ0n) is 17.1. The molecule has 0 bridgehead atoms. The number of hydrogen-bond donors (Lipinski definition) is 1. The van der Waals surface area contributed by atoms with Crippen molar-refractivity contribution in [1.82, 2.24) is 9.62 Å². The highest BCUT2D eigenvalue weighted by atomic mass is 32.2. The molecule has 29 heavy (non-hydrogen) atoms. The minimum atomic E-state index is -3.50. The van der Waals surface area contributed by atoms with Crippen LogP contribution >= 0.6 is 0 Å². The molecule has 2 aromatic carbocycles. The lowest BCUT2D eigenvalue weighted by Gasteiger charge is -2.17. The number of nitrogens with zero attached hydrogens (tertiary/aromatic N) is 1. The molecule has 9 heteroatoms. The molecule has 0 unspecified atom stereocenters. The van der Waals surface area contributed by atoms with Crippen molar-refractivity contribution in [1.29, 1.82) is 0 Å². The molecule has 0 fully saturated rings. The van der Waals surface area contributed by atoms with Crippen LogP contribution in [-0.4, -0.2) is 53.6 Å². The third-order valence-electron chi connectivity index (χ3n) is 4.26. The molecule has 1 N–H and O–H groups in total. The van der Waals surface area contributed by atoms with Gasteiger partial charge in [-0.15, -0.1) is 0 Å². The van der Waals surface area contributed by atoms with E-state index in [1.54, 1.807) is 26.4 Å². The maximum atomic E-state index is 12.2. The number of benzene rings is 2. The van der Waals surface area contributed by atoms with E-state index in [1.807, 2.05) is 13.0 Å². The first kappa shape index (κ1) is 22.5. The summed E-state index contributed by atoms with van der Waals surface area (Å²) < 4.78 is 41.2. The molecule has 1 amide bonds. The van der Waals surface area contributed by atoms with E-state index in [1.165, 1.54) is 38.4 Å². The molecule has 0 saturated heterocycles. The lowest BCUT2D eigenvalue weighted by Crippen LogP contribution is -2.31. The van der Waals surface area contributed by atoms with E-state index < -0.39 is 10.0 Å². The Morgan fingerprint density at radius 3 is 2.21 bits per heavy atom. The summed E-state index contributed by atoms with van der Waals surface area (Å²) in [5, 5.41) is 2.84. The number of ether oxygens (including phenoxy) is 3. The predicted octanol–water partition coefficient (Wildman–Crippen LogP) is 2.21. The summed E-state index contributed by atoms with van der Waals surface area (Å²) in [5.41, 5.74) is 0.856. The van der Waals surface area contributed by atoms with E-state index in [0.29, 0.717) is 17.2 Å². The van der Waals surface area contributed by atoms with E-state index in [2.05, 4.69) is 5.32 Å². The first-order valence-electron chi connectivity index (χ1n) is 8.85. The van der Waals surface area contributed by atoms with Crippen LogP contribution in [0.3, 0.4) is 0 Å². The average Bonchev–Trinajstić information content (AvgIpc) is 2.71. The third kappa shape index (κ3) is 5.61. The summed E-state index contributed by atoms with van der Waals surface area (Å²) in [6.07, 6.45) is 0. The molecule has 0 heterocycles. The number of nitrogens with one attached hydrogen (secondary N) is 1. The van der Waals surface area contributed by atoms with Crippen molar-refractivity contribution in [3.63, 3.8) is 0 Å². The number of methoxy groups -OCH3 is 2. The van der Waals surface area contributed by atoms with Crippen LogP contribution in [0.4, 0.5) is 0 Å². The lowest BCUT2D eigenvalue weighted by atomic mass is 10.1. The van der Waals surface area contributed by atoms with Gasteiger partial charge in [0.1, 0.15) is 5.75 Å². The highest BCUT2D eigenvalue weighted by molar-refractivity contribution is 7.89. The van der Waals surface area contributed by atoms with Gasteiger partial charge >= 0.3 is 0 Å². The second kappa shape index (κ2) is 9.62. The summed E-state index contributed by atoms with van der Waals surface area (Å²) in [7, 11) is 2.53. The van der Waals surface area contributed by atoms with Crippen LogP contribution in [0.5, 0.6) is 17.2 Å². The Labute approximate surface area is 171 Å². The van der Waals surface area contributed by atoms with Gasteiger partial charge in [0.25, 0.3) is 5.91 Å². The van der Waals surface area contributed by atoms with Crippen LogP contribution in [-0.2, 0) is 14.8 Å². The van der Waals surface area contributed by atoms with Gasteiger partial charge < -0.3 is 19.5 Å². The normalized spacial score (nSPS) is 12.3. The molecule has 0 radical (unpaired) electrons. The average molecular weight is 423 g/mol. The monoisotopic (exact) mass is 422 g/mol. The van der Waals surface area contributed by atoms with Gasteiger partial charge in [0.15, 0.2) is 18.1 Å². The van der Waals surface area contributed by atoms with E-state index in [4.69, 9.17) is 14.2 Å². The lowest BCUT2D eigenvalue weighted by molar-refractivity contribution is -0.123. The molecule has 2 rings (SSSR count). The second-order valence-corrected chi connectivity index (χ2v) is 8.60. The number of carbonyl (C=O) groups is 1. The van der Waals surface area contributed by atoms with Crippen LogP contribution < -0.4 is 19.5 Å². The SMILES string of the molecule is COc1ccc([C@@H](C)NC(=O)COc2ccc(S(=O)(=O)N(C)C)cc2)cc1OC. The first-order valence-corrected chi connectivity index (χ1v) is 10.3. The summed E-state index contributed by atoms with van der Waals surface area (Å²) in [6, 6.07) is 11.1. The topological polar surface area (TPSA) is 94.2 Å². The Morgan fingerprint density at radius 1 is 1.03 bits per heavy atom. The molecule has 0 aliphatic heterocycles. The Balaban J connectivity index is 1.94. The summed E-state index contributed by atoms with van der Waals surface area (Å²) >= 11 is 0. The molecule has 1 atom stereocenters. The van der Waals surface area contributed by atoms with Crippen molar-refractivity contribution < 1.29 is 27.4 Å². The zero-order valence-corrected chi connectivity index (χ0v) is 17.9. The number of sulfonamides is 1. The molecule has 0 aromatic heterocycles. The van der Waals surface area contributed by atoms with Crippen molar-refractivity contribution >= 4 is 15.9 Å². The predicted molar refractivity (Wildman–Crippen MR) is 109 cm³/mol. The fourth-order valence-corrected chi connectivity index (χ4v) is 3.46. The minimum absolute atomic E-state index is 0.154. The molecule has 8 nitrogen and oxygen atoms in total. The minimum Gasteiger partial charge on any atom is -0.493 e. The Kier molecular flexibility index (Phi) is 7.46. The van der Waals surface area contributed by atoms with Gasteiger partial charge in [0, 0.05) is 14.1 Å². The number of carbonyl (C=O) groups excluding carboxylic acids is 1. The Hall–Kier alpha value is -2.78. The smallest absolute Gasteiger partial charge is 0.258 e.